The van der Waals surface area contributed by atoms with Gasteiger partial charge in [-0.2, -0.15) is 11.3 Å². The summed E-state index contributed by atoms with van der Waals surface area (Å²) in [6, 6.07) is 10.7. The van der Waals surface area contributed by atoms with E-state index in [0.29, 0.717) is 0 Å². The third-order valence-corrected chi connectivity index (χ3v) is 5.48. The highest BCUT2D eigenvalue weighted by Gasteiger charge is 2.12. The molecule has 1 aliphatic rings. The summed E-state index contributed by atoms with van der Waals surface area (Å²) in [5.74, 6) is 0. The van der Waals surface area contributed by atoms with Crippen molar-refractivity contribution in [2.24, 2.45) is 0 Å². The minimum atomic E-state index is 0.970. The van der Waals surface area contributed by atoms with Crippen LogP contribution in [0.2, 0.25) is 0 Å². The molecule has 0 radical (unpaired) electrons. The molecule has 0 N–H and O–H groups in total. The van der Waals surface area contributed by atoms with Crippen LogP contribution >= 0.6 is 11.3 Å². The zero-order valence-corrected chi connectivity index (χ0v) is 14.5. The van der Waals surface area contributed by atoms with Gasteiger partial charge in [0.2, 0.25) is 0 Å². The first-order valence-corrected chi connectivity index (χ1v) is 9.48. The number of thiophene rings is 1. The van der Waals surface area contributed by atoms with Crippen molar-refractivity contribution in [3.63, 3.8) is 0 Å². The van der Waals surface area contributed by atoms with Crippen molar-refractivity contribution >= 4 is 22.6 Å². The van der Waals surface area contributed by atoms with Crippen LogP contribution in [0.1, 0.15) is 25.0 Å². The number of hydrogen-bond donors (Lipinski definition) is 0. The van der Waals surface area contributed by atoms with Gasteiger partial charge in [-0.15, -0.1) is 0 Å². The Bertz CT molecular complexity index is 1070. The molecular formula is C21H17N3S. The van der Waals surface area contributed by atoms with E-state index in [9.17, 15) is 0 Å². The normalized spacial score (nSPS) is 14.2. The molecule has 4 heterocycles. The number of fused-ring (bicyclic) bond motifs is 1. The van der Waals surface area contributed by atoms with Crippen LogP contribution in [0.5, 0.6) is 0 Å². The molecule has 0 saturated carbocycles. The van der Waals surface area contributed by atoms with Crippen LogP contribution < -0.4 is 0 Å². The molecule has 3 nitrogen and oxygen atoms in total. The number of hydrogen-bond acceptors (Lipinski definition) is 3. The molecule has 0 saturated heterocycles. The standard InChI is InChI=1S/C21H17N3S/c1-2-4-15(3-1)19-11-17(5-8-22-19)20-13-23-21-12-16(6-9-24(20)21)18-7-10-25-14-18/h3,5-14H,1-2,4H2. The maximum atomic E-state index is 4.62. The molecule has 4 heteroatoms. The predicted octanol–water partition coefficient (Wildman–Crippen LogP) is 5.69. The van der Waals surface area contributed by atoms with Gasteiger partial charge in [0.15, 0.2) is 0 Å². The van der Waals surface area contributed by atoms with E-state index in [0.717, 1.165) is 29.0 Å². The van der Waals surface area contributed by atoms with Crippen LogP contribution in [0.4, 0.5) is 0 Å². The molecule has 0 unspecified atom stereocenters. The fourth-order valence-electron chi connectivity index (χ4n) is 3.47. The molecule has 5 rings (SSSR count). The summed E-state index contributed by atoms with van der Waals surface area (Å²) < 4.78 is 2.15. The van der Waals surface area contributed by atoms with E-state index < -0.39 is 0 Å². The fourth-order valence-corrected chi connectivity index (χ4v) is 4.14. The van der Waals surface area contributed by atoms with Gasteiger partial charge in [-0.05, 0) is 77.1 Å². The van der Waals surface area contributed by atoms with Gasteiger partial charge in [0.05, 0.1) is 17.6 Å². The lowest BCUT2D eigenvalue weighted by Gasteiger charge is -2.06. The van der Waals surface area contributed by atoms with Gasteiger partial charge in [-0.25, -0.2) is 4.98 Å². The molecule has 0 atom stereocenters. The highest BCUT2D eigenvalue weighted by molar-refractivity contribution is 7.08. The van der Waals surface area contributed by atoms with Gasteiger partial charge in [0, 0.05) is 18.0 Å². The van der Waals surface area contributed by atoms with Crippen LogP contribution in [0.25, 0.3) is 33.6 Å². The fraction of sp³-hybridized carbons (Fsp3) is 0.143. The molecular weight excluding hydrogens is 326 g/mol. The number of pyridine rings is 2. The second kappa shape index (κ2) is 5.97. The van der Waals surface area contributed by atoms with Gasteiger partial charge in [0.1, 0.15) is 5.65 Å². The summed E-state index contributed by atoms with van der Waals surface area (Å²) in [6.07, 6.45) is 11.8. The maximum absolute atomic E-state index is 4.62. The van der Waals surface area contributed by atoms with Crippen molar-refractivity contribution in [2.45, 2.75) is 19.3 Å². The lowest BCUT2D eigenvalue weighted by molar-refractivity contribution is 0.933. The number of allylic oxidation sites excluding steroid dienone is 2. The van der Waals surface area contributed by atoms with E-state index >= 15 is 0 Å². The topological polar surface area (TPSA) is 30.2 Å². The molecule has 0 fully saturated rings. The zero-order chi connectivity index (χ0) is 16.6. The second-order valence-corrected chi connectivity index (χ2v) is 7.13. The summed E-state index contributed by atoms with van der Waals surface area (Å²) in [5.41, 5.74) is 8.16. The summed E-state index contributed by atoms with van der Waals surface area (Å²) in [7, 11) is 0. The Morgan fingerprint density at radius 1 is 1.00 bits per heavy atom. The zero-order valence-electron chi connectivity index (χ0n) is 13.7. The first-order chi connectivity index (χ1) is 12.4. The van der Waals surface area contributed by atoms with Crippen molar-refractivity contribution in [1.82, 2.24) is 14.4 Å². The van der Waals surface area contributed by atoms with E-state index in [2.05, 4.69) is 67.7 Å². The van der Waals surface area contributed by atoms with Gasteiger partial charge < -0.3 is 0 Å². The van der Waals surface area contributed by atoms with E-state index in [1.807, 2.05) is 12.4 Å². The highest BCUT2D eigenvalue weighted by atomic mass is 32.1. The monoisotopic (exact) mass is 343 g/mol. The maximum Gasteiger partial charge on any atom is 0.137 e. The van der Waals surface area contributed by atoms with Crippen LogP contribution in [-0.4, -0.2) is 14.4 Å². The van der Waals surface area contributed by atoms with E-state index in [4.69, 9.17) is 0 Å². The average Bonchev–Trinajstić information content (AvgIpc) is 3.42. The molecule has 4 aromatic heterocycles. The Labute approximate surface area is 150 Å². The number of nitrogens with zero attached hydrogens (tertiary/aromatic N) is 3. The summed E-state index contributed by atoms with van der Waals surface area (Å²) in [6.45, 7) is 0. The number of imidazole rings is 1. The molecule has 0 amide bonds. The van der Waals surface area contributed by atoms with Gasteiger partial charge in [0.25, 0.3) is 0 Å². The Hall–Kier alpha value is -2.72. The largest absolute Gasteiger partial charge is 0.300 e. The number of aromatic nitrogens is 3. The Morgan fingerprint density at radius 3 is 2.84 bits per heavy atom. The Kier molecular flexibility index (Phi) is 3.49. The lowest BCUT2D eigenvalue weighted by Crippen LogP contribution is -1.92. The molecule has 0 aliphatic heterocycles. The SMILES string of the molecule is C1=C(c2cc(-c3cnc4cc(-c5ccsc5)ccn34)ccn2)CCC1. The van der Waals surface area contributed by atoms with Crippen LogP contribution in [-0.2, 0) is 0 Å². The van der Waals surface area contributed by atoms with Crippen molar-refractivity contribution in [3.8, 4) is 22.4 Å². The molecule has 122 valence electrons. The van der Waals surface area contributed by atoms with Crippen molar-refractivity contribution in [3.05, 3.63) is 71.5 Å². The van der Waals surface area contributed by atoms with E-state index in [1.165, 1.54) is 29.5 Å². The summed E-state index contributed by atoms with van der Waals surface area (Å²) in [4.78, 5) is 9.19. The molecule has 1 aliphatic carbocycles. The van der Waals surface area contributed by atoms with E-state index in [1.54, 1.807) is 11.3 Å². The van der Waals surface area contributed by atoms with Crippen LogP contribution in [0.3, 0.4) is 0 Å². The third kappa shape index (κ3) is 2.59. The van der Waals surface area contributed by atoms with Crippen molar-refractivity contribution in [2.75, 3.05) is 0 Å². The van der Waals surface area contributed by atoms with Gasteiger partial charge in [-0.1, -0.05) is 6.08 Å². The molecule has 0 aromatic carbocycles. The summed E-state index contributed by atoms with van der Waals surface area (Å²) in [5, 5.41) is 4.27. The third-order valence-electron chi connectivity index (χ3n) is 4.79. The average molecular weight is 343 g/mol. The molecule has 4 aromatic rings. The molecule has 0 spiro atoms. The Morgan fingerprint density at radius 2 is 2.00 bits per heavy atom. The first kappa shape index (κ1) is 14.6. The van der Waals surface area contributed by atoms with Gasteiger partial charge >= 0.3 is 0 Å². The second-order valence-electron chi connectivity index (χ2n) is 6.35. The van der Waals surface area contributed by atoms with Crippen LogP contribution in [0.15, 0.2) is 65.8 Å². The smallest absolute Gasteiger partial charge is 0.137 e. The first-order valence-electron chi connectivity index (χ1n) is 8.54. The molecule has 25 heavy (non-hydrogen) atoms. The summed E-state index contributed by atoms with van der Waals surface area (Å²) >= 11 is 1.72. The van der Waals surface area contributed by atoms with Crippen LogP contribution in [0, 0.1) is 0 Å². The van der Waals surface area contributed by atoms with Crippen molar-refractivity contribution < 1.29 is 0 Å². The minimum absolute atomic E-state index is 0.970. The van der Waals surface area contributed by atoms with Crippen molar-refractivity contribution in [1.29, 1.82) is 0 Å². The lowest BCUT2D eigenvalue weighted by atomic mass is 10.1. The number of rotatable bonds is 3. The predicted molar refractivity (Wildman–Crippen MR) is 104 cm³/mol. The molecule has 0 bridgehead atoms. The van der Waals surface area contributed by atoms with E-state index in [-0.39, 0.29) is 0 Å². The van der Waals surface area contributed by atoms with Gasteiger partial charge in [-0.3, -0.25) is 9.38 Å². The Balaban J connectivity index is 1.58. The quantitative estimate of drug-likeness (QED) is 0.478. The minimum Gasteiger partial charge on any atom is -0.300 e. The highest BCUT2D eigenvalue weighted by Crippen LogP contribution is 2.30.